The highest BCUT2D eigenvalue weighted by Crippen LogP contribution is 2.15. The van der Waals surface area contributed by atoms with Crippen molar-refractivity contribution in [1.29, 1.82) is 0 Å². The Morgan fingerprint density at radius 2 is 2.50 bits per heavy atom. The van der Waals surface area contributed by atoms with Gasteiger partial charge in [0.05, 0.1) is 6.54 Å². The Labute approximate surface area is 69.8 Å². The van der Waals surface area contributed by atoms with E-state index in [0.717, 1.165) is 12.4 Å². The first-order valence-electron chi connectivity index (χ1n) is 4.02. The van der Waals surface area contributed by atoms with Gasteiger partial charge in [-0.15, -0.1) is 10.2 Å². The fourth-order valence-electron chi connectivity index (χ4n) is 1.57. The molecule has 0 bridgehead atoms. The van der Waals surface area contributed by atoms with Gasteiger partial charge in [0.25, 0.3) is 0 Å². The largest absolute Gasteiger partial charge is 0.308 e. The summed E-state index contributed by atoms with van der Waals surface area (Å²) in [5, 5.41) is 10.8. The molecule has 0 saturated carbocycles. The molecule has 0 aliphatic carbocycles. The average Bonchev–Trinajstić information content (AvgIpc) is 2.49. The normalized spacial score (nSPS) is 22.3. The fourth-order valence-corrected chi connectivity index (χ4v) is 1.57. The molecule has 1 atom stereocenters. The lowest BCUT2D eigenvalue weighted by molar-refractivity contribution is 0.379. The zero-order valence-electron chi connectivity index (χ0n) is 6.92. The molecule has 12 heavy (non-hydrogen) atoms. The van der Waals surface area contributed by atoms with E-state index in [-0.39, 0.29) is 6.04 Å². The van der Waals surface area contributed by atoms with Crippen molar-refractivity contribution in [2.24, 2.45) is 0 Å². The summed E-state index contributed by atoms with van der Waals surface area (Å²) in [4.78, 5) is 0. The molecule has 2 heterocycles. The first-order chi connectivity index (χ1) is 5.83. The number of nitrogens with one attached hydrogen (secondary N) is 1. The Bertz CT molecular complexity index is 269. The Morgan fingerprint density at radius 3 is 3.25 bits per heavy atom. The van der Waals surface area contributed by atoms with E-state index in [0.29, 0.717) is 12.4 Å². The summed E-state index contributed by atoms with van der Waals surface area (Å²) in [7, 11) is 0. The first-order valence-corrected chi connectivity index (χ1v) is 4.02. The van der Waals surface area contributed by atoms with Crippen LogP contribution in [0.2, 0.25) is 0 Å². The van der Waals surface area contributed by atoms with Crippen LogP contribution in [0, 0.1) is 0 Å². The predicted octanol–water partition coefficient (Wildman–Crippen LogP) is 0.412. The van der Waals surface area contributed by atoms with Crippen LogP contribution in [0.3, 0.4) is 0 Å². The van der Waals surface area contributed by atoms with Gasteiger partial charge in [-0.25, -0.2) is 4.39 Å². The number of hydrogen-bond donors (Lipinski definition) is 1. The van der Waals surface area contributed by atoms with Crippen LogP contribution in [0.25, 0.3) is 0 Å². The van der Waals surface area contributed by atoms with Crippen molar-refractivity contribution in [3.63, 3.8) is 0 Å². The van der Waals surface area contributed by atoms with Crippen LogP contribution in [0.15, 0.2) is 0 Å². The number of nitrogens with zero attached hydrogens (tertiary/aromatic N) is 3. The lowest BCUT2D eigenvalue weighted by Gasteiger charge is -2.22. The summed E-state index contributed by atoms with van der Waals surface area (Å²) in [6.07, 6.45) is 0. The Kier molecular flexibility index (Phi) is 1.80. The van der Waals surface area contributed by atoms with Gasteiger partial charge in [0.15, 0.2) is 5.82 Å². The molecule has 2 rings (SSSR count). The maximum Gasteiger partial charge on any atom is 0.164 e. The molecule has 0 radical (unpaired) electrons. The lowest BCUT2D eigenvalue weighted by atomic mass is 10.2. The van der Waals surface area contributed by atoms with Crippen molar-refractivity contribution in [2.75, 3.05) is 6.54 Å². The maximum absolute atomic E-state index is 12.4. The summed E-state index contributed by atoms with van der Waals surface area (Å²) >= 11 is 0. The fraction of sp³-hybridized carbons (Fsp3) is 0.714. The minimum Gasteiger partial charge on any atom is -0.308 e. The lowest BCUT2D eigenvalue weighted by Crippen LogP contribution is -2.32. The van der Waals surface area contributed by atoms with E-state index in [9.17, 15) is 4.39 Å². The van der Waals surface area contributed by atoms with Crippen molar-refractivity contribution in [3.05, 3.63) is 11.6 Å². The van der Waals surface area contributed by atoms with Gasteiger partial charge in [-0.05, 0) is 6.92 Å². The first kappa shape index (κ1) is 7.67. The number of alkyl halides is 1. The predicted molar refractivity (Wildman–Crippen MR) is 41.3 cm³/mol. The Morgan fingerprint density at radius 1 is 1.67 bits per heavy atom. The number of hydrogen-bond acceptors (Lipinski definition) is 3. The quantitative estimate of drug-likeness (QED) is 0.664. The zero-order valence-corrected chi connectivity index (χ0v) is 6.92. The number of halogens is 1. The van der Waals surface area contributed by atoms with Crippen molar-refractivity contribution in [1.82, 2.24) is 20.1 Å². The summed E-state index contributed by atoms with van der Waals surface area (Å²) in [5.41, 5.74) is 0. The minimum absolute atomic E-state index is 0.259. The van der Waals surface area contributed by atoms with E-state index >= 15 is 0 Å². The van der Waals surface area contributed by atoms with E-state index in [1.807, 2.05) is 11.5 Å². The highest BCUT2D eigenvalue weighted by atomic mass is 19.1. The summed E-state index contributed by atoms with van der Waals surface area (Å²) in [6, 6.07) is 0.259. The minimum atomic E-state index is -0.530. The average molecular weight is 170 g/mol. The summed E-state index contributed by atoms with van der Waals surface area (Å²) in [5.74, 6) is 1.28. The van der Waals surface area contributed by atoms with Gasteiger partial charge in [0.2, 0.25) is 0 Å². The Hall–Kier alpha value is -0.970. The van der Waals surface area contributed by atoms with Gasteiger partial charge < -0.3 is 9.88 Å². The SMILES string of the molecule is CC1CNCc2nnc(CF)n21. The third-order valence-corrected chi connectivity index (χ3v) is 2.12. The maximum atomic E-state index is 12.4. The van der Waals surface area contributed by atoms with Crippen LogP contribution in [0.1, 0.15) is 24.6 Å². The standard InChI is InChI=1S/C7H11FN4/c1-5-3-9-4-7-11-10-6(2-8)12(5)7/h5,9H,2-4H2,1H3. The third kappa shape index (κ3) is 1.01. The van der Waals surface area contributed by atoms with E-state index in [4.69, 9.17) is 0 Å². The Balaban J connectivity index is 2.43. The molecule has 0 spiro atoms. The summed E-state index contributed by atoms with van der Waals surface area (Å²) < 4.78 is 14.2. The van der Waals surface area contributed by atoms with Gasteiger partial charge in [0.1, 0.15) is 12.5 Å². The number of rotatable bonds is 1. The number of aromatic nitrogens is 3. The molecule has 0 fully saturated rings. The van der Waals surface area contributed by atoms with Gasteiger partial charge in [-0.2, -0.15) is 0 Å². The monoisotopic (exact) mass is 170 g/mol. The molecular weight excluding hydrogens is 159 g/mol. The third-order valence-electron chi connectivity index (χ3n) is 2.12. The summed E-state index contributed by atoms with van der Waals surface area (Å²) in [6.45, 7) is 3.05. The molecule has 1 unspecified atom stereocenters. The van der Waals surface area contributed by atoms with Crippen molar-refractivity contribution >= 4 is 0 Å². The molecule has 4 nitrogen and oxygen atoms in total. The van der Waals surface area contributed by atoms with Crippen molar-refractivity contribution in [3.8, 4) is 0 Å². The molecule has 1 aromatic heterocycles. The van der Waals surface area contributed by atoms with E-state index < -0.39 is 6.67 Å². The van der Waals surface area contributed by atoms with Gasteiger partial charge in [-0.3, -0.25) is 0 Å². The molecule has 1 aliphatic heterocycles. The van der Waals surface area contributed by atoms with Crippen LogP contribution >= 0.6 is 0 Å². The van der Waals surface area contributed by atoms with Crippen molar-refractivity contribution in [2.45, 2.75) is 26.2 Å². The molecule has 1 aliphatic rings. The van der Waals surface area contributed by atoms with Gasteiger partial charge >= 0.3 is 0 Å². The number of fused-ring (bicyclic) bond motifs is 1. The second-order valence-electron chi connectivity index (χ2n) is 3.02. The molecular formula is C7H11FN4. The molecule has 5 heteroatoms. The van der Waals surface area contributed by atoms with Gasteiger partial charge in [-0.1, -0.05) is 0 Å². The molecule has 1 aromatic rings. The second-order valence-corrected chi connectivity index (χ2v) is 3.02. The molecule has 0 saturated heterocycles. The molecule has 1 N–H and O–H groups in total. The smallest absolute Gasteiger partial charge is 0.164 e. The van der Waals surface area contributed by atoms with Crippen LogP contribution in [-0.2, 0) is 13.2 Å². The van der Waals surface area contributed by atoms with Crippen LogP contribution < -0.4 is 5.32 Å². The van der Waals surface area contributed by atoms with Crippen LogP contribution in [0.5, 0.6) is 0 Å². The second kappa shape index (κ2) is 2.82. The van der Waals surface area contributed by atoms with E-state index in [2.05, 4.69) is 15.5 Å². The van der Waals surface area contributed by atoms with Crippen molar-refractivity contribution < 1.29 is 4.39 Å². The van der Waals surface area contributed by atoms with E-state index in [1.165, 1.54) is 0 Å². The highest BCUT2D eigenvalue weighted by molar-refractivity contribution is 5.00. The van der Waals surface area contributed by atoms with Gasteiger partial charge in [0, 0.05) is 12.6 Å². The highest BCUT2D eigenvalue weighted by Gasteiger charge is 2.20. The molecule has 0 amide bonds. The zero-order chi connectivity index (χ0) is 8.55. The molecule has 66 valence electrons. The van der Waals surface area contributed by atoms with E-state index in [1.54, 1.807) is 0 Å². The molecule has 0 aromatic carbocycles. The van der Waals surface area contributed by atoms with Crippen LogP contribution in [0.4, 0.5) is 4.39 Å². The topological polar surface area (TPSA) is 42.7 Å². The van der Waals surface area contributed by atoms with Crippen LogP contribution in [-0.4, -0.2) is 21.3 Å².